The Hall–Kier alpha value is -13.6. The Morgan fingerprint density at radius 2 is 0.571 bits per heavy atom. The lowest BCUT2D eigenvalue weighted by Crippen LogP contribution is -2.61. The lowest BCUT2D eigenvalue weighted by molar-refractivity contribution is 0.590. The molecule has 0 saturated carbocycles. The highest BCUT2D eigenvalue weighted by Gasteiger charge is 2.46. The molecule has 0 amide bonds. The maximum Gasteiger partial charge on any atom is 0.252 e. The fraction of sp³-hybridized carbons (Fsp3) is 0.0370. The molecule has 0 bridgehead atoms. The van der Waals surface area contributed by atoms with Crippen molar-refractivity contribution in [2.24, 2.45) is 0 Å². The van der Waals surface area contributed by atoms with Gasteiger partial charge in [-0.2, -0.15) is 0 Å². The number of rotatable bonds is 12. The zero-order chi connectivity index (χ0) is 74.5. The SMILES string of the molecule is CC(C)(C)c1cc2c3c(c1)N(c1c(-c4ccccc4)cc(-c4ccccc4)cc1-c1ccccc1)c1cc(-c4ccc5c(-c6ccccc6)c6ccccc6c(-c6ccccc6)c5c4)ccc1B3c1cc(-c3ccc4sc5ccccc5c4c3)ccc1N2c1c(-c2ccccc2)cc(-c2ccccc2)cc1-c1ccccc1. The van der Waals surface area contributed by atoms with E-state index in [-0.39, 0.29) is 12.1 Å². The molecule has 0 radical (unpaired) electrons. The highest BCUT2D eigenvalue weighted by molar-refractivity contribution is 7.25. The molecule has 0 spiro atoms. The molecule has 3 heterocycles. The van der Waals surface area contributed by atoms with Crippen LogP contribution < -0.4 is 26.2 Å². The summed E-state index contributed by atoms with van der Waals surface area (Å²) in [5.74, 6) is 0. The van der Waals surface area contributed by atoms with E-state index in [0.717, 1.165) is 112 Å². The maximum absolute atomic E-state index is 2.73. The molecule has 19 aromatic rings. The van der Waals surface area contributed by atoms with Crippen LogP contribution in [0.5, 0.6) is 0 Å². The average molecular weight is 1440 g/mol. The molecule has 2 nitrogen and oxygen atoms in total. The Morgan fingerprint density at radius 3 is 1.04 bits per heavy atom. The molecule has 4 heteroatoms. The second-order valence-corrected chi connectivity index (χ2v) is 32.0. The van der Waals surface area contributed by atoms with Crippen LogP contribution in [-0.2, 0) is 5.41 Å². The fourth-order valence-corrected chi connectivity index (χ4v) is 19.1. The summed E-state index contributed by atoms with van der Waals surface area (Å²) in [4.78, 5) is 5.44. The van der Waals surface area contributed by atoms with Crippen molar-refractivity contribution in [1.82, 2.24) is 0 Å². The van der Waals surface area contributed by atoms with E-state index >= 15 is 0 Å². The first-order chi connectivity index (χ1) is 55.2. The van der Waals surface area contributed by atoms with Crippen LogP contribution in [0.3, 0.4) is 0 Å². The van der Waals surface area contributed by atoms with Crippen LogP contribution in [0.4, 0.5) is 34.1 Å². The van der Waals surface area contributed by atoms with Gasteiger partial charge in [-0.3, -0.25) is 0 Å². The van der Waals surface area contributed by atoms with E-state index in [1.54, 1.807) is 0 Å². The highest BCUT2D eigenvalue weighted by Crippen LogP contribution is 2.56. The van der Waals surface area contributed by atoms with E-state index in [4.69, 9.17) is 0 Å². The smallest absolute Gasteiger partial charge is 0.252 e. The Morgan fingerprint density at radius 1 is 0.223 bits per heavy atom. The quantitative estimate of drug-likeness (QED) is 0.0888. The van der Waals surface area contributed by atoms with E-state index in [0.29, 0.717) is 0 Å². The van der Waals surface area contributed by atoms with Gasteiger partial charge in [0.1, 0.15) is 0 Å². The molecule has 112 heavy (non-hydrogen) atoms. The van der Waals surface area contributed by atoms with Crippen LogP contribution in [0.15, 0.2) is 400 Å². The zero-order valence-corrected chi connectivity index (χ0v) is 63.3. The van der Waals surface area contributed by atoms with E-state index in [1.807, 2.05) is 11.3 Å². The van der Waals surface area contributed by atoms with Crippen LogP contribution in [0.1, 0.15) is 26.3 Å². The van der Waals surface area contributed by atoms with Crippen molar-refractivity contribution in [1.29, 1.82) is 0 Å². The van der Waals surface area contributed by atoms with Crippen LogP contribution in [0.25, 0.3) is 153 Å². The molecule has 18 aromatic carbocycles. The van der Waals surface area contributed by atoms with Gasteiger partial charge in [-0.1, -0.05) is 348 Å². The molecule has 0 atom stereocenters. The normalized spacial score (nSPS) is 12.4. The number of hydrogen-bond acceptors (Lipinski definition) is 3. The van der Waals surface area contributed by atoms with Gasteiger partial charge >= 0.3 is 0 Å². The summed E-state index contributed by atoms with van der Waals surface area (Å²) in [5.41, 5.74) is 34.5. The molecule has 0 aliphatic carbocycles. The Kier molecular flexibility index (Phi) is 16.2. The van der Waals surface area contributed by atoms with Crippen LogP contribution in [-0.4, -0.2) is 6.71 Å². The number of benzene rings is 18. The lowest BCUT2D eigenvalue weighted by atomic mass is 9.33. The third-order valence-corrected chi connectivity index (χ3v) is 24.5. The monoisotopic (exact) mass is 1440 g/mol. The van der Waals surface area contributed by atoms with E-state index < -0.39 is 0 Å². The third kappa shape index (κ3) is 11.3. The van der Waals surface area contributed by atoms with Gasteiger partial charge in [0.25, 0.3) is 6.71 Å². The summed E-state index contributed by atoms with van der Waals surface area (Å²) >= 11 is 1.87. The number of anilines is 6. The van der Waals surface area contributed by atoms with Crippen molar-refractivity contribution >= 4 is 110 Å². The van der Waals surface area contributed by atoms with E-state index in [9.17, 15) is 0 Å². The molecular weight excluding hydrogens is 1370 g/mol. The zero-order valence-electron chi connectivity index (χ0n) is 62.5. The summed E-state index contributed by atoms with van der Waals surface area (Å²) in [6.45, 7) is 6.92. The first kappa shape index (κ1) is 66.6. The van der Waals surface area contributed by atoms with Gasteiger partial charge in [0.2, 0.25) is 0 Å². The number of hydrogen-bond donors (Lipinski definition) is 0. The second-order valence-electron chi connectivity index (χ2n) is 31.0. The largest absolute Gasteiger partial charge is 0.310 e. The molecule has 0 unspecified atom stereocenters. The standard InChI is InChI=1S/C108H75BN2S/c1-108(2,3)84-68-99-105-100(69-84)111(107-91(74-40-20-8-21-41-74)64-83(71-34-14-5-15-35-71)65-92(107)75-42-22-9-23-43-75)98-67-81(78-52-56-88-94(61-78)104(77-46-26-11-27-47-77)87-50-29-28-49-86(87)103(88)76-44-24-10-25-45-76)53-57-95(98)109(105)96-66-80(79-55-59-102-93(60-79)85-48-30-31-51-101(85)112-102)54-58-97(96)110(99)106-89(72-36-16-6-17-37-72)62-82(70-32-12-4-13-33-70)63-90(106)73-38-18-7-19-39-73/h4-69H,1-3H3. The minimum atomic E-state index is -0.344. The molecular formula is C108H75BN2S. The van der Waals surface area contributed by atoms with Gasteiger partial charge in [-0.05, 0) is 211 Å². The predicted molar refractivity (Wildman–Crippen MR) is 481 cm³/mol. The van der Waals surface area contributed by atoms with E-state index in [1.165, 1.54) is 97.0 Å². The first-order valence-electron chi connectivity index (χ1n) is 39.0. The lowest BCUT2D eigenvalue weighted by Gasteiger charge is -2.46. The summed E-state index contributed by atoms with van der Waals surface area (Å²) < 4.78 is 2.58. The van der Waals surface area contributed by atoms with Crippen molar-refractivity contribution in [3.8, 4) is 111 Å². The molecule has 1 aromatic heterocycles. The van der Waals surface area contributed by atoms with Gasteiger partial charge in [-0.25, -0.2) is 0 Å². The van der Waals surface area contributed by atoms with Gasteiger partial charge in [0, 0.05) is 65.2 Å². The molecule has 2 aliphatic heterocycles. The molecule has 0 saturated heterocycles. The minimum Gasteiger partial charge on any atom is -0.310 e. The summed E-state index contributed by atoms with van der Waals surface area (Å²) in [6, 6.07) is 151. The third-order valence-electron chi connectivity index (χ3n) is 23.3. The minimum absolute atomic E-state index is 0.273. The molecule has 0 N–H and O–H groups in total. The first-order valence-corrected chi connectivity index (χ1v) is 39.8. The van der Waals surface area contributed by atoms with Gasteiger partial charge < -0.3 is 9.80 Å². The Bertz CT molecular complexity index is 6750. The fourth-order valence-electron chi connectivity index (χ4n) is 18.1. The number of thiophene rings is 1. The van der Waals surface area contributed by atoms with Crippen molar-refractivity contribution < 1.29 is 0 Å². The summed E-state index contributed by atoms with van der Waals surface area (Å²) in [7, 11) is 0. The number of fused-ring (bicyclic) bond motifs is 9. The average Bonchev–Trinajstić information content (AvgIpc) is 0.701. The van der Waals surface area contributed by atoms with Crippen LogP contribution in [0, 0.1) is 0 Å². The summed E-state index contributed by atoms with van der Waals surface area (Å²) in [6.07, 6.45) is 0. The van der Waals surface area contributed by atoms with Crippen LogP contribution in [0.2, 0.25) is 0 Å². The molecule has 0 fully saturated rings. The Balaban J connectivity index is 0.916. The Labute approximate surface area is 658 Å². The number of nitrogens with zero attached hydrogens (tertiary/aromatic N) is 2. The van der Waals surface area contributed by atoms with Crippen molar-refractivity contribution in [2.45, 2.75) is 26.2 Å². The molecule has 526 valence electrons. The topological polar surface area (TPSA) is 6.48 Å². The van der Waals surface area contributed by atoms with Gasteiger partial charge in [0.15, 0.2) is 0 Å². The van der Waals surface area contributed by atoms with Crippen LogP contribution >= 0.6 is 11.3 Å². The van der Waals surface area contributed by atoms with Crippen molar-refractivity contribution in [3.63, 3.8) is 0 Å². The molecule has 21 rings (SSSR count). The maximum atomic E-state index is 2.73. The van der Waals surface area contributed by atoms with Gasteiger partial charge in [0.05, 0.1) is 11.4 Å². The summed E-state index contributed by atoms with van der Waals surface area (Å²) in [5, 5.41) is 7.45. The van der Waals surface area contributed by atoms with Crippen molar-refractivity contribution in [2.75, 3.05) is 9.80 Å². The van der Waals surface area contributed by atoms with Crippen molar-refractivity contribution in [3.05, 3.63) is 406 Å². The second kappa shape index (κ2) is 27.2. The predicted octanol–water partition coefficient (Wildman–Crippen LogP) is 28.4. The highest BCUT2D eigenvalue weighted by atomic mass is 32.1. The van der Waals surface area contributed by atoms with E-state index in [2.05, 4.69) is 431 Å². The van der Waals surface area contributed by atoms with Gasteiger partial charge in [-0.15, -0.1) is 11.3 Å². The molecule has 2 aliphatic rings.